The van der Waals surface area contributed by atoms with Gasteiger partial charge in [-0.2, -0.15) is 0 Å². The molecule has 0 aromatic heterocycles. The standard InChI is InChI=1S/C16H23N3/c1-8(18-19-17)16-5-13-10-2-9-3-11(13)15(7-16)12(4-9)14(10)6-16/h8-15H,2-7H2,1H3. The molecule has 7 rings (SSSR count). The Bertz CT molecular complexity index is 418. The Morgan fingerprint density at radius 3 is 1.84 bits per heavy atom. The van der Waals surface area contributed by atoms with Crippen molar-refractivity contribution in [3.63, 3.8) is 0 Å². The van der Waals surface area contributed by atoms with E-state index in [2.05, 4.69) is 16.9 Å². The summed E-state index contributed by atoms with van der Waals surface area (Å²) in [5, 5.41) is 4.13. The molecule has 0 spiro atoms. The average molecular weight is 257 g/mol. The second-order valence-electron chi connectivity index (χ2n) is 8.41. The molecule has 0 aromatic rings. The van der Waals surface area contributed by atoms with Crippen LogP contribution in [0, 0.1) is 46.8 Å². The first-order chi connectivity index (χ1) is 9.22. The van der Waals surface area contributed by atoms with Crippen LogP contribution in [-0.4, -0.2) is 6.04 Å². The highest BCUT2D eigenvalue weighted by atomic mass is 15.2. The normalized spacial score (nSPS) is 61.2. The molecular formula is C16H23N3. The van der Waals surface area contributed by atoms with Crippen molar-refractivity contribution in [2.45, 2.75) is 51.5 Å². The van der Waals surface area contributed by atoms with Crippen LogP contribution in [0.1, 0.15) is 45.4 Å². The fraction of sp³-hybridized carbons (Fsp3) is 1.00. The maximum Gasteiger partial charge on any atom is 0.0402 e. The summed E-state index contributed by atoms with van der Waals surface area (Å²) in [6, 6.07) is 0.225. The molecule has 3 heteroatoms. The SMILES string of the molecule is CC(N=[N+]=[N-])C12CC3C4CC5CC3C(C1)C(C5)C4C2. The van der Waals surface area contributed by atoms with E-state index < -0.39 is 0 Å². The van der Waals surface area contributed by atoms with Crippen LogP contribution < -0.4 is 0 Å². The van der Waals surface area contributed by atoms with Crippen molar-refractivity contribution in [3.05, 3.63) is 10.4 Å². The van der Waals surface area contributed by atoms with Crippen LogP contribution in [0.15, 0.2) is 5.11 Å². The van der Waals surface area contributed by atoms with Crippen LogP contribution in [0.3, 0.4) is 0 Å². The minimum absolute atomic E-state index is 0.225. The Morgan fingerprint density at radius 2 is 1.42 bits per heavy atom. The predicted octanol–water partition coefficient (Wildman–Crippen LogP) is 4.39. The van der Waals surface area contributed by atoms with E-state index in [0.717, 1.165) is 41.4 Å². The van der Waals surface area contributed by atoms with Crippen molar-refractivity contribution in [2.75, 3.05) is 0 Å². The quantitative estimate of drug-likeness (QED) is 0.400. The van der Waals surface area contributed by atoms with Crippen molar-refractivity contribution in [1.82, 2.24) is 0 Å². The first-order valence-corrected chi connectivity index (χ1v) is 8.26. The molecule has 7 fully saturated rings. The second-order valence-corrected chi connectivity index (χ2v) is 8.41. The van der Waals surface area contributed by atoms with Gasteiger partial charge in [-0.25, -0.2) is 0 Å². The number of rotatable bonds is 2. The lowest BCUT2D eigenvalue weighted by Gasteiger charge is -2.73. The molecule has 3 nitrogen and oxygen atoms in total. The van der Waals surface area contributed by atoms with Gasteiger partial charge < -0.3 is 0 Å². The molecule has 7 saturated carbocycles. The maximum absolute atomic E-state index is 8.82. The Morgan fingerprint density at radius 1 is 0.947 bits per heavy atom. The van der Waals surface area contributed by atoms with Crippen molar-refractivity contribution in [2.24, 2.45) is 52.0 Å². The fourth-order valence-electron chi connectivity index (χ4n) is 7.68. The number of nitrogens with zero attached hydrogens (tertiary/aromatic N) is 3. The third kappa shape index (κ3) is 1.15. The summed E-state index contributed by atoms with van der Waals surface area (Å²) in [6.45, 7) is 2.19. The zero-order valence-corrected chi connectivity index (χ0v) is 11.7. The maximum atomic E-state index is 8.82. The molecule has 0 aromatic carbocycles. The number of hydrogen-bond acceptors (Lipinski definition) is 1. The Labute approximate surface area is 114 Å². The van der Waals surface area contributed by atoms with E-state index in [-0.39, 0.29) is 6.04 Å². The second kappa shape index (κ2) is 3.31. The van der Waals surface area contributed by atoms with E-state index in [4.69, 9.17) is 5.53 Å². The van der Waals surface area contributed by atoms with Crippen LogP contribution in [0.4, 0.5) is 0 Å². The van der Waals surface area contributed by atoms with Gasteiger partial charge in [-0.3, -0.25) is 0 Å². The molecular weight excluding hydrogens is 234 g/mol. The Hall–Kier alpha value is -0.690. The summed E-state index contributed by atoms with van der Waals surface area (Å²) in [6.07, 6.45) is 8.78. The van der Waals surface area contributed by atoms with Gasteiger partial charge in [0, 0.05) is 11.0 Å². The highest BCUT2D eigenvalue weighted by Gasteiger charge is 2.67. The minimum atomic E-state index is 0.225. The Kier molecular flexibility index (Phi) is 1.92. The number of azide groups is 1. The summed E-state index contributed by atoms with van der Waals surface area (Å²) >= 11 is 0. The van der Waals surface area contributed by atoms with Crippen LogP contribution in [0.5, 0.6) is 0 Å². The van der Waals surface area contributed by atoms with Gasteiger partial charge in [-0.1, -0.05) is 12.0 Å². The van der Waals surface area contributed by atoms with Gasteiger partial charge in [-0.15, -0.1) is 0 Å². The summed E-state index contributed by atoms with van der Waals surface area (Å²) < 4.78 is 0. The van der Waals surface area contributed by atoms with Gasteiger partial charge in [-0.05, 0) is 90.9 Å². The van der Waals surface area contributed by atoms with Gasteiger partial charge in [0.25, 0.3) is 0 Å². The largest absolute Gasteiger partial charge is 0.0903 e. The van der Waals surface area contributed by atoms with E-state index in [1.165, 1.54) is 19.3 Å². The zero-order chi connectivity index (χ0) is 12.8. The molecule has 19 heavy (non-hydrogen) atoms. The molecule has 1 unspecified atom stereocenters. The highest BCUT2D eigenvalue weighted by molar-refractivity contribution is 5.17. The molecule has 1 atom stereocenters. The van der Waals surface area contributed by atoms with Crippen molar-refractivity contribution < 1.29 is 0 Å². The number of hydrogen-bond donors (Lipinski definition) is 0. The van der Waals surface area contributed by atoms with E-state index in [1.54, 1.807) is 19.3 Å². The Balaban J connectivity index is 1.58. The summed E-state index contributed by atoms with van der Waals surface area (Å²) in [5.74, 6) is 7.27. The first kappa shape index (κ1) is 11.0. The molecule has 7 aliphatic rings. The third-order valence-corrected chi connectivity index (χ3v) is 8.15. The van der Waals surface area contributed by atoms with Crippen molar-refractivity contribution >= 4 is 0 Å². The highest BCUT2D eigenvalue weighted by Crippen LogP contribution is 2.74. The smallest absolute Gasteiger partial charge is 0.0402 e. The van der Waals surface area contributed by atoms with Gasteiger partial charge in [0.05, 0.1) is 0 Å². The molecule has 0 radical (unpaired) electrons. The van der Waals surface area contributed by atoms with E-state index in [9.17, 15) is 0 Å². The van der Waals surface area contributed by atoms with Crippen LogP contribution in [0.2, 0.25) is 0 Å². The molecule has 0 saturated heterocycles. The lowest BCUT2D eigenvalue weighted by molar-refractivity contribution is -0.236. The molecule has 0 aliphatic heterocycles. The van der Waals surface area contributed by atoms with Gasteiger partial charge in [0.1, 0.15) is 0 Å². The molecule has 7 aliphatic carbocycles. The van der Waals surface area contributed by atoms with Crippen LogP contribution in [0.25, 0.3) is 10.4 Å². The third-order valence-electron chi connectivity index (χ3n) is 8.15. The molecule has 0 amide bonds. The van der Waals surface area contributed by atoms with Gasteiger partial charge in [0.15, 0.2) is 0 Å². The van der Waals surface area contributed by atoms with Gasteiger partial charge >= 0.3 is 0 Å². The van der Waals surface area contributed by atoms with Crippen LogP contribution >= 0.6 is 0 Å². The van der Waals surface area contributed by atoms with E-state index in [0.29, 0.717) is 5.41 Å². The van der Waals surface area contributed by atoms with Gasteiger partial charge in [0.2, 0.25) is 0 Å². The molecule has 8 bridgehead atoms. The van der Waals surface area contributed by atoms with Crippen LogP contribution in [-0.2, 0) is 0 Å². The minimum Gasteiger partial charge on any atom is -0.0903 e. The zero-order valence-electron chi connectivity index (χ0n) is 11.7. The van der Waals surface area contributed by atoms with E-state index >= 15 is 0 Å². The average Bonchev–Trinajstić information content (AvgIpc) is 2.44. The lowest BCUT2D eigenvalue weighted by Crippen LogP contribution is -2.66. The van der Waals surface area contributed by atoms with Crippen molar-refractivity contribution in [1.29, 1.82) is 0 Å². The lowest BCUT2D eigenvalue weighted by atomic mass is 9.32. The topological polar surface area (TPSA) is 48.8 Å². The first-order valence-electron chi connectivity index (χ1n) is 8.26. The monoisotopic (exact) mass is 257 g/mol. The molecule has 102 valence electrons. The molecule has 0 N–H and O–H groups in total. The summed E-state index contributed by atoms with van der Waals surface area (Å²) in [5.41, 5.74) is 9.21. The predicted molar refractivity (Wildman–Crippen MR) is 73.2 cm³/mol. The van der Waals surface area contributed by atoms with E-state index in [1.807, 2.05) is 0 Å². The summed E-state index contributed by atoms with van der Waals surface area (Å²) in [7, 11) is 0. The van der Waals surface area contributed by atoms with Crippen molar-refractivity contribution in [3.8, 4) is 0 Å². The summed E-state index contributed by atoms with van der Waals surface area (Å²) in [4.78, 5) is 3.12. The molecule has 0 heterocycles. The fourth-order valence-corrected chi connectivity index (χ4v) is 7.68.